The Morgan fingerprint density at radius 2 is 2.05 bits per heavy atom. The summed E-state index contributed by atoms with van der Waals surface area (Å²) in [5.41, 5.74) is 7.46. The molecule has 1 rings (SSSR count). The zero-order valence-electron chi connectivity index (χ0n) is 12.5. The van der Waals surface area contributed by atoms with Crippen LogP contribution in [0.25, 0.3) is 0 Å². The molecule has 0 radical (unpaired) electrons. The molecule has 0 aliphatic carbocycles. The lowest BCUT2D eigenvalue weighted by atomic mass is 9.93. The van der Waals surface area contributed by atoms with Crippen LogP contribution in [-0.2, 0) is 0 Å². The van der Waals surface area contributed by atoms with Gasteiger partial charge >= 0.3 is 0 Å². The number of rotatable bonds is 5. The summed E-state index contributed by atoms with van der Waals surface area (Å²) in [7, 11) is 1.84. The van der Waals surface area contributed by atoms with Gasteiger partial charge in [0.1, 0.15) is 0 Å². The van der Waals surface area contributed by atoms with E-state index in [4.69, 9.17) is 5.73 Å². The number of amides is 1. The average molecular weight is 280 g/mol. The second-order valence-corrected chi connectivity index (χ2v) is 6.59. The largest absolute Gasteiger partial charge is 0.341 e. The number of nitrogens with zero attached hydrogens (tertiary/aromatic N) is 1. The van der Waals surface area contributed by atoms with E-state index in [0.29, 0.717) is 13.1 Å². The number of hydrogen-bond donors (Lipinski definition) is 1. The third-order valence-corrected chi connectivity index (χ3v) is 3.96. The monoisotopic (exact) mass is 280 g/mol. The predicted molar refractivity (Wildman–Crippen MR) is 82.8 cm³/mol. The van der Waals surface area contributed by atoms with E-state index in [0.717, 1.165) is 16.0 Å². The predicted octanol–water partition coefficient (Wildman–Crippen LogP) is 2.77. The number of benzene rings is 1. The molecule has 1 aromatic rings. The lowest BCUT2D eigenvalue weighted by Crippen LogP contribution is -2.40. The molecule has 0 unspecified atom stereocenters. The summed E-state index contributed by atoms with van der Waals surface area (Å²) in [4.78, 5) is 15.4. The Hall–Kier alpha value is -1.00. The van der Waals surface area contributed by atoms with Crippen molar-refractivity contribution in [2.45, 2.75) is 25.7 Å². The molecular formula is C15H24N2OS. The Balaban J connectivity index is 2.93. The van der Waals surface area contributed by atoms with Crippen molar-refractivity contribution in [2.24, 2.45) is 11.1 Å². The Kier molecular flexibility index (Phi) is 5.44. The third-order valence-electron chi connectivity index (χ3n) is 3.24. The smallest absolute Gasteiger partial charge is 0.253 e. The van der Waals surface area contributed by atoms with Crippen molar-refractivity contribution in [1.82, 2.24) is 4.90 Å². The molecule has 0 aliphatic rings. The highest BCUT2D eigenvalue weighted by Crippen LogP contribution is 2.21. The Bertz CT molecular complexity index is 457. The van der Waals surface area contributed by atoms with Crippen molar-refractivity contribution in [1.29, 1.82) is 0 Å². The molecule has 0 fully saturated rings. The average Bonchev–Trinajstić information content (AvgIpc) is 2.38. The van der Waals surface area contributed by atoms with Crippen LogP contribution >= 0.6 is 11.8 Å². The van der Waals surface area contributed by atoms with E-state index in [-0.39, 0.29) is 11.3 Å². The number of thioether (sulfide) groups is 1. The van der Waals surface area contributed by atoms with Gasteiger partial charge in [0.25, 0.3) is 5.91 Å². The van der Waals surface area contributed by atoms with E-state index in [1.165, 1.54) is 0 Å². The van der Waals surface area contributed by atoms with Crippen molar-refractivity contribution in [2.75, 3.05) is 26.4 Å². The fourth-order valence-electron chi connectivity index (χ4n) is 1.94. The summed E-state index contributed by atoms with van der Waals surface area (Å²) >= 11 is 1.65. The molecule has 106 valence electrons. The standard InChI is InChI=1S/C15H24N2OS/c1-11-6-7-12(19-5)8-13(11)14(18)17(4)10-15(2,3)9-16/h6-8H,9-10,16H2,1-5H3. The lowest BCUT2D eigenvalue weighted by Gasteiger charge is -2.29. The highest BCUT2D eigenvalue weighted by Gasteiger charge is 2.22. The molecule has 2 N–H and O–H groups in total. The number of nitrogens with two attached hydrogens (primary N) is 1. The van der Waals surface area contributed by atoms with Gasteiger partial charge in [-0.1, -0.05) is 19.9 Å². The maximum atomic E-state index is 12.5. The van der Waals surface area contributed by atoms with Gasteiger partial charge in [0.2, 0.25) is 0 Å². The first-order valence-corrected chi connectivity index (χ1v) is 7.63. The normalized spacial score (nSPS) is 11.5. The van der Waals surface area contributed by atoms with Crippen molar-refractivity contribution in [3.63, 3.8) is 0 Å². The van der Waals surface area contributed by atoms with Gasteiger partial charge in [0.05, 0.1) is 0 Å². The quantitative estimate of drug-likeness (QED) is 0.844. The molecule has 0 saturated heterocycles. The van der Waals surface area contributed by atoms with Crippen LogP contribution in [0.4, 0.5) is 0 Å². The van der Waals surface area contributed by atoms with Crippen LogP contribution in [0.1, 0.15) is 29.8 Å². The number of carbonyl (C=O) groups excluding carboxylic acids is 1. The van der Waals surface area contributed by atoms with Crippen molar-refractivity contribution < 1.29 is 4.79 Å². The fraction of sp³-hybridized carbons (Fsp3) is 0.533. The summed E-state index contributed by atoms with van der Waals surface area (Å²) in [5, 5.41) is 0. The fourth-order valence-corrected chi connectivity index (χ4v) is 2.38. The minimum Gasteiger partial charge on any atom is -0.341 e. The summed E-state index contributed by atoms with van der Waals surface area (Å²) in [6.07, 6.45) is 2.01. The van der Waals surface area contributed by atoms with E-state index in [1.807, 2.05) is 38.4 Å². The molecular weight excluding hydrogens is 256 g/mol. The molecule has 4 heteroatoms. The van der Waals surface area contributed by atoms with Gasteiger partial charge in [-0.05, 0) is 42.8 Å². The Morgan fingerprint density at radius 3 is 2.58 bits per heavy atom. The van der Waals surface area contributed by atoms with Crippen LogP contribution in [0.3, 0.4) is 0 Å². The van der Waals surface area contributed by atoms with Gasteiger partial charge in [0, 0.05) is 24.1 Å². The first kappa shape index (κ1) is 16.1. The van der Waals surface area contributed by atoms with Crippen LogP contribution in [0.2, 0.25) is 0 Å². The van der Waals surface area contributed by atoms with E-state index < -0.39 is 0 Å². The molecule has 3 nitrogen and oxygen atoms in total. The molecule has 19 heavy (non-hydrogen) atoms. The molecule has 1 amide bonds. The molecule has 0 saturated carbocycles. The maximum absolute atomic E-state index is 12.5. The topological polar surface area (TPSA) is 46.3 Å². The van der Waals surface area contributed by atoms with Gasteiger partial charge in [-0.15, -0.1) is 11.8 Å². The molecule has 0 spiro atoms. The van der Waals surface area contributed by atoms with Crippen molar-refractivity contribution in [3.8, 4) is 0 Å². The van der Waals surface area contributed by atoms with Gasteiger partial charge in [-0.25, -0.2) is 0 Å². The van der Waals surface area contributed by atoms with E-state index in [1.54, 1.807) is 16.7 Å². The summed E-state index contributed by atoms with van der Waals surface area (Å²) < 4.78 is 0. The van der Waals surface area contributed by atoms with E-state index >= 15 is 0 Å². The van der Waals surface area contributed by atoms with Gasteiger partial charge in [-0.3, -0.25) is 4.79 Å². The van der Waals surface area contributed by atoms with Crippen LogP contribution in [0, 0.1) is 12.3 Å². The molecule has 1 aromatic carbocycles. The van der Waals surface area contributed by atoms with Crippen LogP contribution in [0.15, 0.2) is 23.1 Å². The summed E-state index contributed by atoms with van der Waals surface area (Å²) in [6, 6.07) is 6.01. The van der Waals surface area contributed by atoms with Crippen LogP contribution in [-0.4, -0.2) is 37.2 Å². The number of hydrogen-bond acceptors (Lipinski definition) is 3. The second kappa shape index (κ2) is 6.44. The Morgan fingerprint density at radius 1 is 1.42 bits per heavy atom. The zero-order chi connectivity index (χ0) is 14.6. The minimum absolute atomic E-state index is 0.0601. The molecule has 0 heterocycles. The maximum Gasteiger partial charge on any atom is 0.253 e. The van der Waals surface area contributed by atoms with Gasteiger partial charge < -0.3 is 10.6 Å². The molecule has 0 aromatic heterocycles. The van der Waals surface area contributed by atoms with Gasteiger partial charge in [-0.2, -0.15) is 0 Å². The zero-order valence-corrected chi connectivity index (χ0v) is 13.3. The molecule has 0 atom stereocenters. The van der Waals surface area contributed by atoms with Crippen LogP contribution in [0.5, 0.6) is 0 Å². The van der Waals surface area contributed by atoms with Crippen molar-refractivity contribution in [3.05, 3.63) is 29.3 Å². The number of carbonyl (C=O) groups is 1. The second-order valence-electron chi connectivity index (χ2n) is 5.71. The van der Waals surface area contributed by atoms with E-state index in [2.05, 4.69) is 13.8 Å². The third kappa shape index (κ3) is 4.25. The Labute approximate surface area is 120 Å². The SMILES string of the molecule is CSc1ccc(C)c(C(=O)N(C)CC(C)(C)CN)c1. The summed E-state index contributed by atoms with van der Waals surface area (Å²) in [6.45, 7) is 7.34. The number of aryl methyl sites for hydroxylation is 1. The first-order valence-electron chi connectivity index (χ1n) is 6.41. The van der Waals surface area contributed by atoms with Crippen LogP contribution < -0.4 is 5.73 Å². The summed E-state index contributed by atoms with van der Waals surface area (Å²) in [5.74, 6) is 0.0647. The highest BCUT2D eigenvalue weighted by molar-refractivity contribution is 7.98. The molecule has 0 aliphatic heterocycles. The highest BCUT2D eigenvalue weighted by atomic mass is 32.2. The lowest BCUT2D eigenvalue weighted by molar-refractivity contribution is 0.0739. The first-order chi connectivity index (χ1) is 8.80. The van der Waals surface area contributed by atoms with Gasteiger partial charge in [0.15, 0.2) is 0 Å². The molecule has 0 bridgehead atoms. The van der Waals surface area contributed by atoms with Crippen molar-refractivity contribution >= 4 is 17.7 Å². The van der Waals surface area contributed by atoms with E-state index in [9.17, 15) is 4.79 Å². The minimum atomic E-state index is -0.0601.